The second-order valence-electron chi connectivity index (χ2n) is 6.92. The molecule has 0 spiro atoms. The maximum Gasteiger partial charge on any atom is 0.0100 e. The number of hydrogen-bond donors (Lipinski definition) is 1. The first kappa shape index (κ1) is 13.4. The molecule has 2 fully saturated rings. The zero-order valence-electron chi connectivity index (χ0n) is 12.0. The molecule has 0 aromatic heterocycles. The topological polar surface area (TPSA) is 12.0 Å². The van der Waals surface area contributed by atoms with E-state index in [4.69, 9.17) is 0 Å². The summed E-state index contributed by atoms with van der Waals surface area (Å²) < 4.78 is 0. The standard InChI is InChI=1S/C16H31N/c1-12(2)15-6-4-5-7-16(15)17-14-10-8-13(3)9-11-14/h12-17H,4-11H2,1-3H3. The Kier molecular flexibility index (Phi) is 4.90. The predicted octanol–water partition coefficient (Wildman–Crippen LogP) is 4.37. The summed E-state index contributed by atoms with van der Waals surface area (Å²) in [5.74, 6) is 2.76. The third kappa shape index (κ3) is 3.71. The lowest BCUT2D eigenvalue weighted by Gasteiger charge is -2.39. The van der Waals surface area contributed by atoms with E-state index in [0.29, 0.717) is 0 Å². The molecule has 100 valence electrons. The van der Waals surface area contributed by atoms with Crippen molar-refractivity contribution in [2.45, 2.75) is 84.2 Å². The summed E-state index contributed by atoms with van der Waals surface area (Å²) in [6, 6.07) is 1.65. The van der Waals surface area contributed by atoms with Gasteiger partial charge in [-0.2, -0.15) is 0 Å². The zero-order chi connectivity index (χ0) is 12.3. The maximum atomic E-state index is 4.01. The molecule has 1 heteroatoms. The lowest BCUT2D eigenvalue weighted by Crippen LogP contribution is -2.47. The Morgan fingerprint density at radius 3 is 2.18 bits per heavy atom. The molecular formula is C16H31N. The smallest absolute Gasteiger partial charge is 0.0100 e. The van der Waals surface area contributed by atoms with Gasteiger partial charge in [0.2, 0.25) is 0 Å². The van der Waals surface area contributed by atoms with Crippen molar-refractivity contribution in [1.82, 2.24) is 5.32 Å². The average Bonchev–Trinajstić information content (AvgIpc) is 2.32. The Morgan fingerprint density at radius 1 is 0.882 bits per heavy atom. The first-order chi connectivity index (χ1) is 8.16. The zero-order valence-corrected chi connectivity index (χ0v) is 12.0. The monoisotopic (exact) mass is 237 g/mol. The second kappa shape index (κ2) is 6.22. The van der Waals surface area contributed by atoms with Gasteiger partial charge in [-0.3, -0.25) is 0 Å². The van der Waals surface area contributed by atoms with Crippen LogP contribution in [0.5, 0.6) is 0 Å². The van der Waals surface area contributed by atoms with Crippen LogP contribution in [0.4, 0.5) is 0 Å². The summed E-state index contributed by atoms with van der Waals surface area (Å²) in [6.07, 6.45) is 11.5. The normalized spacial score (nSPS) is 39.5. The number of hydrogen-bond acceptors (Lipinski definition) is 1. The third-order valence-electron chi connectivity index (χ3n) is 5.14. The van der Waals surface area contributed by atoms with Crippen LogP contribution in [-0.4, -0.2) is 12.1 Å². The molecule has 2 aliphatic rings. The molecule has 1 N–H and O–H groups in total. The van der Waals surface area contributed by atoms with Gasteiger partial charge in [0, 0.05) is 12.1 Å². The molecule has 2 unspecified atom stereocenters. The minimum Gasteiger partial charge on any atom is -0.311 e. The van der Waals surface area contributed by atoms with Crippen LogP contribution >= 0.6 is 0 Å². The van der Waals surface area contributed by atoms with Crippen LogP contribution in [0.2, 0.25) is 0 Å². The van der Waals surface area contributed by atoms with E-state index < -0.39 is 0 Å². The van der Waals surface area contributed by atoms with Crippen LogP contribution in [0.25, 0.3) is 0 Å². The highest BCUT2D eigenvalue weighted by Crippen LogP contribution is 2.32. The Balaban J connectivity index is 1.83. The van der Waals surface area contributed by atoms with Crippen molar-refractivity contribution in [2.24, 2.45) is 17.8 Å². The summed E-state index contributed by atoms with van der Waals surface area (Å²) in [5.41, 5.74) is 0. The van der Waals surface area contributed by atoms with E-state index in [0.717, 1.165) is 29.8 Å². The van der Waals surface area contributed by atoms with Crippen LogP contribution in [0, 0.1) is 17.8 Å². The van der Waals surface area contributed by atoms with Crippen molar-refractivity contribution in [3.05, 3.63) is 0 Å². The first-order valence-electron chi connectivity index (χ1n) is 7.93. The summed E-state index contributed by atoms with van der Waals surface area (Å²) in [6.45, 7) is 7.23. The molecule has 1 nitrogen and oxygen atoms in total. The Hall–Kier alpha value is -0.0400. The molecule has 2 rings (SSSR count). The second-order valence-corrected chi connectivity index (χ2v) is 6.92. The molecule has 0 amide bonds. The number of nitrogens with one attached hydrogen (secondary N) is 1. The van der Waals surface area contributed by atoms with E-state index in [1.807, 2.05) is 0 Å². The molecule has 0 radical (unpaired) electrons. The van der Waals surface area contributed by atoms with Crippen molar-refractivity contribution in [2.75, 3.05) is 0 Å². The van der Waals surface area contributed by atoms with E-state index in [1.165, 1.54) is 51.4 Å². The van der Waals surface area contributed by atoms with Crippen molar-refractivity contribution < 1.29 is 0 Å². The van der Waals surface area contributed by atoms with E-state index in [2.05, 4.69) is 26.1 Å². The van der Waals surface area contributed by atoms with Gasteiger partial charge in [0.05, 0.1) is 0 Å². The van der Waals surface area contributed by atoms with Gasteiger partial charge in [-0.05, 0) is 56.3 Å². The van der Waals surface area contributed by atoms with Gasteiger partial charge in [-0.25, -0.2) is 0 Å². The van der Waals surface area contributed by atoms with Gasteiger partial charge in [-0.1, -0.05) is 33.6 Å². The molecule has 2 atom stereocenters. The maximum absolute atomic E-state index is 4.01. The molecule has 0 bridgehead atoms. The molecule has 0 aliphatic heterocycles. The lowest BCUT2D eigenvalue weighted by atomic mass is 9.77. The van der Waals surface area contributed by atoms with E-state index >= 15 is 0 Å². The van der Waals surface area contributed by atoms with E-state index in [-0.39, 0.29) is 0 Å². The van der Waals surface area contributed by atoms with Gasteiger partial charge in [0.15, 0.2) is 0 Å². The number of rotatable bonds is 3. The Morgan fingerprint density at radius 2 is 1.53 bits per heavy atom. The minimum atomic E-state index is 0.821. The largest absolute Gasteiger partial charge is 0.311 e. The Labute approximate surface area is 108 Å². The quantitative estimate of drug-likeness (QED) is 0.768. The highest BCUT2D eigenvalue weighted by molar-refractivity contribution is 4.87. The van der Waals surface area contributed by atoms with Crippen molar-refractivity contribution >= 4 is 0 Å². The highest BCUT2D eigenvalue weighted by atomic mass is 15.0. The SMILES string of the molecule is CC1CCC(NC2CCCCC2C(C)C)CC1. The van der Waals surface area contributed by atoms with Gasteiger partial charge in [0.25, 0.3) is 0 Å². The summed E-state index contributed by atoms with van der Waals surface area (Å²) >= 11 is 0. The van der Waals surface area contributed by atoms with Crippen LogP contribution in [0.3, 0.4) is 0 Å². The van der Waals surface area contributed by atoms with Crippen LogP contribution in [-0.2, 0) is 0 Å². The van der Waals surface area contributed by atoms with Gasteiger partial charge >= 0.3 is 0 Å². The third-order valence-corrected chi connectivity index (χ3v) is 5.14. The van der Waals surface area contributed by atoms with Crippen LogP contribution < -0.4 is 5.32 Å². The fourth-order valence-corrected chi connectivity index (χ4v) is 3.89. The van der Waals surface area contributed by atoms with Gasteiger partial charge in [0.1, 0.15) is 0 Å². The summed E-state index contributed by atoms with van der Waals surface area (Å²) in [7, 11) is 0. The lowest BCUT2D eigenvalue weighted by molar-refractivity contribution is 0.173. The van der Waals surface area contributed by atoms with Crippen LogP contribution in [0.15, 0.2) is 0 Å². The predicted molar refractivity (Wildman–Crippen MR) is 75.1 cm³/mol. The molecule has 0 aromatic rings. The first-order valence-corrected chi connectivity index (χ1v) is 7.93. The fraction of sp³-hybridized carbons (Fsp3) is 1.00. The van der Waals surface area contributed by atoms with E-state index in [1.54, 1.807) is 0 Å². The summed E-state index contributed by atoms with van der Waals surface area (Å²) in [4.78, 5) is 0. The molecule has 17 heavy (non-hydrogen) atoms. The molecule has 2 aliphatic carbocycles. The minimum absolute atomic E-state index is 0.821. The average molecular weight is 237 g/mol. The molecular weight excluding hydrogens is 206 g/mol. The van der Waals surface area contributed by atoms with Crippen molar-refractivity contribution in [3.8, 4) is 0 Å². The fourth-order valence-electron chi connectivity index (χ4n) is 3.89. The molecule has 0 aromatic carbocycles. The van der Waals surface area contributed by atoms with Crippen LogP contribution in [0.1, 0.15) is 72.1 Å². The Bertz CT molecular complexity index is 216. The van der Waals surface area contributed by atoms with Crippen molar-refractivity contribution in [1.29, 1.82) is 0 Å². The molecule has 2 saturated carbocycles. The molecule has 0 heterocycles. The van der Waals surface area contributed by atoms with Gasteiger partial charge < -0.3 is 5.32 Å². The van der Waals surface area contributed by atoms with E-state index in [9.17, 15) is 0 Å². The summed E-state index contributed by atoms with van der Waals surface area (Å²) in [5, 5.41) is 4.01. The highest BCUT2D eigenvalue weighted by Gasteiger charge is 2.29. The van der Waals surface area contributed by atoms with Crippen molar-refractivity contribution in [3.63, 3.8) is 0 Å². The van der Waals surface area contributed by atoms with Gasteiger partial charge in [-0.15, -0.1) is 0 Å². The molecule has 0 saturated heterocycles.